The molecule has 1 amide bonds. The minimum atomic E-state index is 0.0307. The van der Waals surface area contributed by atoms with E-state index in [0.29, 0.717) is 22.9 Å². The Balaban J connectivity index is 1.74. The van der Waals surface area contributed by atoms with Crippen LogP contribution in [-0.2, 0) is 0 Å². The number of nitrogens with zero attached hydrogens (tertiary/aromatic N) is 3. The Kier molecular flexibility index (Phi) is 4.37. The molecule has 1 aliphatic heterocycles. The lowest BCUT2D eigenvalue weighted by Gasteiger charge is -2.30. The quantitative estimate of drug-likeness (QED) is 0.708. The van der Waals surface area contributed by atoms with Crippen LogP contribution < -0.4 is 0 Å². The normalized spacial score (nSPS) is 15.4. The summed E-state index contributed by atoms with van der Waals surface area (Å²) in [6.07, 6.45) is 3.92. The first-order valence-electron chi connectivity index (χ1n) is 9.13. The molecule has 3 aromatic rings. The number of benzene rings is 1. The van der Waals surface area contributed by atoms with E-state index in [1.807, 2.05) is 60.5 Å². The molecule has 1 fully saturated rings. The van der Waals surface area contributed by atoms with Crippen LogP contribution in [-0.4, -0.2) is 33.7 Å². The van der Waals surface area contributed by atoms with Crippen LogP contribution in [0.4, 0.5) is 0 Å². The Bertz CT molecular complexity index is 902. The molecule has 3 heterocycles. The van der Waals surface area contributed by atoms with Gasteiger partial charge in [0.05, 0.1) is 11.3 Å². The zero-order chi connectivity index (χ0) is 18.1. The van der Waals surface area contributed by atoms with Gasteiger partial charge < -0.3 is 9.32 Å². The predicted octanol–water partition coefficient (Wildman–Crippen LogP) is 4.31. The van der Waals surface area contributed by atoms with Crippen molar-refractivity contribution >= 4 is 5.91 Å². The van der Waals surface area contributed by atoms with E-state index in [1.165, 1.54) is 0 Å². The number of amides is 1. The van der Waals surface area contributed by atoms with Gasteiger partial charge in [-0.1, -0.05) is 25.1 Å². The zero-order valence-electron chi connectivity index (χ0n) is 15.2. The van der Waals surface area contributed by atoms with Crippen molar-refractivity contribution in [1.29, 1.82) is 0 Å². The molecule has 5 heteroatoms. The van der Waals surface area contributed by atoms with Crippen LogP contribution in [0.2, 0.25) is 0 Å². The van der Waals surface area contributed by atoms with Crippen LogP contribution in [0.5, 0.6) is 0 Å². The monoisotopic (exact) mass is 349 g/mol. The first kappa shape index (κ1) is 16.6. The summed E-state index contributed by atoms with van der Waals surface area (Å²) >= 11 is 0. The molecule has 5 nitrogen and oxygen atoms in total. The van der Waals surface area contributed by atoms with Crippen molar-refractivity contribution in [1.82, 2.24) is 14.7 Å². The second-order valence-electron chi connectivity index (χ2n) is 7.06. The van der Waals surface area contributed by atoms with E-state index >= 15 is 0 Å². The molecule has 0 atom stereocenters. The van der Waals surface area contributed by atoms with Crippen molar-refractivity contribution in [2.24, 2.45) is 5.92 Å². The number of hydrogen-bond acceptors (Lipinski definition) is 3. The number of aromatic nitrogens is 2. The molecular weight excluding hydrogens is 326 g/mol. The van der Waals surface area contributed by atoms with Gasteiger partial charge in [-0.15, -0.1) is 0 Å². The van der Waals surface area contributed by atoms with E-state index in [-0.39, 0.29) is 5.91 Å². The highest BCUT2D eigenvalue weighted by molar-refractivity contribution is 5.99. The Hall–Kier alpha value is -2.82. The maximum Gasteiger partial charge on any atom is 0.257 e. The molecule has 2 aromatic heterocycles. The molecule has 26 heavy (non-hydrogen) atoms. The van der Waals surface area contributed by atoms with Gasteiger partial charge in [-0.05, 0) is 49.9 Å². The number of rotatable bonds is 3. The minimum absolute atomic E-state index is 0.0307. The van der Waals surface area contributed by atoms with Crippen molar-refractivity contribution in [3.63, 3.8) is 0 Å². The third-order valence-electron chi connectivity index (χ3n) is 5.01. The van der Waals surface area contributed by atoms with Gasteiger partial charge in [-0.3, -0.25) is 4.79 Å². The molecule has 1 saturated heterocycles. The molecule has 134 valence electrons. The molecule has 0 N–H and O–H groups in total. The SMILES string of the molecule is Cc1ccc(-c2nn(-c3ccccc3)cc2C(=O)N2CCC(C)CC2)o1. The van der Waals surface area contributed by atoms with Gasteiger partial charge in [0.25, 0.3) is 5.91 Å². The second kappa shape index (κ2) is 6.83. The van der Waals surface area contributed by atoms with Gasteiger partial charge in [-0.25, -0.2) is 4.68 Å². The van der Waals surface area contributed by atoms with Crippen LogP contribution >= 0.6 is 0 Å². The fraction of sp³-hybridized carbons (Fsp3) is 0.333. The summed E-state index contributed by atoms with van der Waals surface area (Å²) in [5.74, 6) is 2.15. The van der Waals surface area contributed by atoms with Gasteiger partial charge in [0.2, 0.25) is 0 Å². The number of likely N-dealkylation sites (tertiary alicyclic amines) is 1. The highest BCUT2D eigenvalue weighted by Gasteiger charge is 2.27. The predicted molar refractivity (Wildman–Crippen MR) is 100 cm³/mol. The topological polar surface area (TPSA) is 51.3 Å². The number of aryl methyl sites for hydroxylation is 1. The molecule has 0 unspecified atom stereocenters. The van der Waals surface area contributed by atoms with Crippen molar-refractivity contribution in [3.8, 4) is 17.1 Å². The highest BCUT2D eigenvalue weighted by Crippen LogP contribution is 2.28. The highest BCUT2D eigenvalue weighted by atomic mass is 16.3. The number of carbonyl (C=O) groups is 1. The van der Waals surface area contributed by atoms with E-state index < -0.39 is 0 Å². The average Bonchev–Trinajstić information content (AvgIpc) is 3.29. The molecule has 0 bridgehead atoms. The molecule has 1 aliphatic rings. The van der Waals surface area contributed by atoms with Gasteiger partial charge in [-0.2, -0.15) is 5.10 Å². The summed E-state index contributed by atoms with van der Waals surface area (Å²) in [7, 11) is 0. The van der Waals surface area contributed by atoms with E-state index in [2.05, 4.69) is 12.0 Å². The fourth-order valence-electron chi connectivity index (χ4n) is 3.37. The third-order valence-corrected chi connectivity index (χ3v) is 5.01. The van der Waals surface area contributed by atoms with Crippen LogP contribution in [0.25, 0.3) is 17.1 Å². The minimum Gasteiger partial charge on any atom is -0.460 e. The lowest BCUT2D eigenvalue weighted by Crippen LogP contribution is -2.38. The Labute approximate surface area is 153 Å². The number of hydrogen-bond donors (Lipinski definition) is 0. The van der Waals surface area contributed by atoms with Gasteiger partial charge >= 0.3 is 0 Å². The molecule has 0 spiro atoms. The number of para-hydroxylation sites is 1. The lowest BCUT2D eigenvalue weighted by molar-refractivity contribution is 0.0698. The summed E-state index contributed by atoms with van der Waals surface area (Å²) in [4.78, 5) is 15.1. The molecule has 0 aliphatic carbocycles. The number of furan rings is 1. The Morgan fingerprint density at radius 2 is 1.85 bits per heavy atom. The van der Waals surface area contributed by atoms with Crippen LogP contribution in [0.3, 0.4) is 0 Å². The van der Waals surface area contributed by atoms with Gasteiger partial charge in [0.1, 0.15) is 11.5 Å². The van der Waals surface area contributed by atoms with E-state index in [1.54, 1.807) is 4.68 Å². The molecule has 1 aromatic carbocycles. The largest absolute Gasteiger partial charge is 0.460 e. The Morgan fingerprint density at radius 1 is 1.12 bits per heavy atom. The zero-order valence-corrected chi connectivity index (χ0v) is 15.2. The first-order chi connectivity index (χ1) is 12.6. The smallest absolute Gasteiger partial charge is 0.257 e. The average molecular weight is 349 g/mol. The van der Waals surface area contributed by atoms with Gasteiger partial charge in [0, 0.05) is 19.3 Å². The lowest BCUT2D eigenvalue weighted by atomic mass is 9.98. The fourth-order valence-corrected chi connectivity index (χ4v) is 3.37. The van der Waals surface area contributed by atoms with Crippen molar-refractivity contribution < 1.29 is 9.21 Å². The van der Waals surface area contributed by atoms with Gasteiger partial charge in [0.15, 0.2) is 5.76 Å². The molecule has 0 radical (unpaired) electrons. The van der Waals surface area contributed by atoms with Crippen LogP contribution in [0, 0.1) is 12.8 Å². The Morgan fingerprint density at radius 3 is 2.50 bits per heavy atom. The molecule has 4 rings (SSSR count). The van der Waals surface area contributed by atoms with Crippen LogP contribution in [0.1, 0.15) is 35.9 Å². The third kappa shape index (κ3) is 3.17. The summed E-state index contributed by atoms with van der Waals surface area (Å²) in [6.45, 7) is 5.73. The second-order valence-corrected chi connectivity index (χ2v) is 7.06. The maximum absolute atomic E-state index is 13.2. The number of carbonyl (C=O) groups excluding carboxylic acids is 1. The summed E-state index contributed by atoms with van der Waals surface area (Å²) in [5.41, 5.74) is 2.12. The van der Waals surface area contributed by atoms with Crippen LogP contribution in [0.15, 0.2) is 53.1 Å². The molecular formula is C21H23N3O2. The molecule has 0 saturated carbocycles. The van der Waals surface area contributed by atoms with E-state index in [4.69, 9.17) is 4.42 Å². The summed E-state index contributed by atoms with van der Waals surface area (Å²) in [6, 6.07) is 13.6. The van der Waals surface area contributed by atoms with Crippen molar-refractivity contribution in [2.75, 3.05) is 13.1 Å². The van der Waals surface area contributed by atoms with Crippen molar-refractivity contribution in [2.45, 2.75) is 26.7 Å². The van der Waals surface area contributed by atoms with E-state index in [0.717, 1.165) is 37.4 Å². The summed E-state index contributed by atoms with van der Waals surface area (Å²) in [5, 5.41) is 4.67. The maximum atomic E-state index is 13.2. The van der Waals surface area contributed by atoms with E-state index in [9.17, 15) is 4.79 Å². The standard InChI is InChI=1S/C21H23N3O2/c1-15-10-12-23(13-11-15)21(25)18-14-24(17-6-4-3-5-7-17)22-20(18)19-9-8-16(2)26-19/h3-9,14-15H,10-13H2,1-2H3. The number of piperidine rings is 1. The van der Waals surface area contributed by atoms with Crippen molar-refractivity contribution in [3.05, 3.63) is 60.0 Å². The summed E-state index contributed by atoms with van der Waals surface area (Å²) < 4.78 is 7.52. The first-order valence-corrected chi connectivity index (χ1v) is 9.13.